The summed E-state index contributed by atoms with van der Waals surface area (Å²) in [4.78, 5) is 10.4. The van der Waals surface area contributed by atoms with Gasteiger partial charge in [-0.25, -0.2) is 13.2 Å². The lowest BCUT2D eigenvalue weighted by Gasteiger charge is -2.00. The molecule has 1 N–H and O–H groups in total. The first-order chi connectivity index (χ1) is 6.97. The molecule has 0 amide bonds. The van der Waals surface area contributed by atoms with Gasteiger partial charge < -0.3 is 5.11 Å². The van der Waals surface area contributed by atoms with E-state index in [1.807, 2.05) is 0 Å². The molecule has 1 aromatic carbocycles. The number of hydrogen-bond donors (Lipinski definition) is 1. The van der Waals surface area contributed by atoms with Gasteiger partial charge in [0.05, 0.1) is 16.5 Å². The van der Waals surface area contributed by atoms with E-state index in [0.717, 1.165) is 6.07 Å². The number of nitrogens with zero attached hydrogens (tertiary/aromatic N) is 1. The molecule has 0 saturated heterocycles. The number of carboxylic acids is 1. The SMILES string of the molecule is N#CCS(=O)(=O)c1cccc(C(=O)O)c1. The molecule has 0 fully saturated rings. The predicted octanol–water partition coefficient (Wildman–Crippen LogP) is 0.682. The molecule has 78 valence electrons. The maximum atomic E-state index is 11.4. The molecule has 5 nitrogen and oxygen atoms in total. The Morgan fingerprint density at radius 1 is 1.47 bits per heavy atom. The van der Waals surface area contributed by atoms with Crippen LogP contribution in [0, 0.1) is 11.3 Å². The van der Waals surface area contributed by atoms with Crippen LogP contribution in [0.1, 0.15) is 10.4 Å². The minimum Gasteiger partial charge on any atom is -0.478 e. The van der Waals surface area contributed by atoms with Crippen LogP contribution < -0.4 is 0 Å². The summed E-state index contributed by atoms with van der Waals surface area (Å²) < 4.78 is 22.8. The molecule has 6 heteroatoms. The molecule has 0 radical (unpaired) electrons. The average molecular weight is 225 g/mol. The second kappa shape index (κ2) is 4.11. The highest BCUT2D eigenvalue weighted by Crippen LogP contribution is 2.12. The summed E-state index contributed by atoms with van der Waals surface area (Å²) in [5.41, 5.74) is -0.117. The van der Waals surface area contributed by atoms with E-state index in [1.54, 1.807) is 0 Å². The van der Waals surface area contributed by atoms with Crippen molar-refractivity contribution in [2.24, 2.45) is 0 Å². The molecule has 0 unspecified atom stereocenters. The van der Waals surface area contributed by atoms with Crippen LogP contribution >= 0.6 is 0 Å². The summed E-state index contributed by atoms with van der Waals surface area (Å²) in [6.07, 6.45) is 0. The van der Waals surface area contributed by atoms with Gasteiger partial charge in [0.15, 0.2) is 9.84 Å². The van der Waals surface area contributed by atoms with Crippen LogP contribution in [-0.2, 0) is 9.84 Å². The Hall–Kier alpha value is -1.87. The first kappa shape index (κ1) is 11.2. The van der Waals surface area contributed by atoms with Crippen molar-refractivity contribution in [2.75, 3.05) is 5.75 Å². The zero-order valence-corrected chi connectivity index (χ0v) is 8.36. The summed E-state index contributed by atoms with van der Waals surface area (Å²) >= 11 is 0. The summed E-state index contributed by atoms with van der Waals surface area (Å²) in [7, 11) is -3.69. The standard InChI is InChI=1S/C9H7NO4S/c10-4-5-15(13,14)8-3-1-2-7(6-8)9(11)12/h1-3,6H,5H2,(H,11,12). The Morgan fingerprint density at radius 3 is 2.67 bits per heavy atom. The Bertz CT molecular complexity index is 527. The number of rotatable bonds is 3. The van der Waals surface area contributed by atoms with Crippen LogP contribution in [0.3, 0.4) is 0 Å². The van der Waals surface area contributed by atoms with Crippen LogP contribution in [0.25, 0.3) is 0 Å². The van der Waals surface area contributed by atoms with Gasteiger partial charge in [-0.05, 0) is 18.2 Å². The molecule has 0 aliphatic carbocycles. The van der Waals surface area contributed by atoms with Crippen molar-refractivity contribution in [3.8, 4) is 6.07 Å². The van der Waals surface area contributed by atoms with E-state index in [1.165, 1.54) is 24.3 Å². The van der Waals surface area contributed by atoms with Crippen LogP contribution in [-0.4, -0.2) is 25.2 Å². The number of nitriles is 1. The van der Waals surface area contributed by atoms with Gasteiger partial charge >= 0.3 is 5.97 Å². The third-order valence-corrected chi connectivity index (χ3v) is 3.18. The molecule has 0 spiro atoms. The highest BCUT2D eigenvalue weighted by Gasteiger charge is 2.15. The lowest BCUT2D eigenvalue weighted by molar-refractivity contribution is 0.0696. The smallest absolute Gasteiger partial charge is 0.335 e. The lowest BCUT2D eigenvalue weighted by atomic mass is 10.2. The van der Waals surface area contributed by atoms with E-state index >= 15 is 0 Å². The topological polar surface area (TPSA) is 95.2 Å². The van der Waals surface area contributed by atoms with Crippen LogP contribution in [0.15, 0.2) is 29.2 Å². The Labute approximate surface area is 86.5 Å². The molecular formula is C9H7NO4S. The van der Waals surface area contributed by atoms with Crippen LogP contribution in [0.5, 0.6) is 0 Å². The largest absolute Gasteiger partial charge is 0.478 e. The van der Waals surface area contributed by atoms with E-state index in [0.29, 0.717) is 0 Å². The zero-order chi connectivity index (χ0) is 11.5. The molecule has 1 aromatic rings. The summed E-state index contributed by atoms with van der Waals surface area (Å²) in [6.45, 7) is 0. The predicted molar refractivity (Wildman–Crippen MR) is 51.1 cm³/mol. The van der Waals surface area contributed by atoms with E-state index in [9.17, 15) is 13.2 Å². The lowest BCUT2D eigenvalue weighted by Crippen LogP contribution is -2.06. The van der Waals surface area contributed by atoms with Crippen molar-refractivity contribution in [2.45, 2.75) is 4.90 Å². The Balaban J connectivity index is 3.24. The fourth-order valence-electron chi connectivity index (χ4n) is 0.991. The molecule has 0 aliphatic rings. The summed E-state index contributed by atoms with van der Waals surface area (Å²) in [6, 6.07) is 6.43. The van der Waals surface area contributed by atoms with Crippen molar-refractivity contribution < 1.29 is 18.3 Å². The van der Waals surface area contributed by atoms with Gasteiger partial charge in [0.1, 0.15) is 5.75 Å². The number of hydrogen-bond acceptors (Lipinski definition) is 4. The summed E-state index contributed by atoms with van der Waals surface area (Å²) in [5.74, 6) is -1.86. The van der Waals surface area contributed by atoms with Crippen molar-refractivity contribution in [3.05, 3.63) is 29.8 Å². The van der Waals surface area contributed by atoms with Gasteiger partial charge in [0, 0.05) is 0 Å². The number of carboxylic acid groups (broad SMARTS) is 1. The molecule has 0 atom stereocenters. The molecule has 0 bridgehead atoms. The first-order valence-electron chi connectivity index (χ1n) is 3.90. The highest BCUT2D eigenvalue weighted by molar-refractivity contribution is 7.91. The van der Waals surface area contributed by atoms with Crippen molar-refractivity contribution in [1.29, 1.82) is 5.26 Å². The number of sulfone groups is 1. The minimum absolute atomic E-state index is 0.117. The fourth-order valence-corrected chi connectivity index (χ4v) is 1.92. The zero-order valence-electron chi connectivity index (χ0n) is 7.54. The quantitative estimate of drug-likeness (QED) is 0.816. The molecule has 15 heavy (non-hydrogen) atoms. The number of aromatic carboxylic acids is 1. The van der Waals surface area contributed by atoms with Gasteiger partial charge in [-0.15, -0.1) is 0 Å². The maximum absolute atomic E-state index is 11.4. The van der Waals surface area contributed by atoms with Gasteiger partial charge in [0.25, 0.3) is 0 Å². The maximum Gasteiger partial charge on any atom is 0.335 e. The van der Waals surface area contributed by atoms with Crippen molar-refractivity contribution >= 4 is 15.8 Å². The second-order valence-corrected chi connectivity index (χ2v) is 4.74. The van der Waals surface area contributed by atoms with E-state index in [2.05, 4.69) is 0 Å². The number of benzene rings is 1. The monoisotopic (exact) mass is 225 g/mol. The Morgan fingerprint density at radius 2 is 2.13 bits per heavy atom. The minimum atomic E-state index is -3.69. The molecular weight excluding hydrogens is 218 g/mol. The molecule has 0 aromatic heterocycles. The van der Waals surface area contributed by atoms with Crippen molar-refractivity contribution in [3.63, 3.8) is 0 Å². The fraction of sp³-hybridized carbons (Fsp3) is 0.111. The third-order valence-electron chi connectivity index (χ3n) is 1.69. The van der Waals surface area contributed by atoms with Gasteiger partial charge in [-0.1, -0.05) is 6.07 Å². The van der Waals surface area contributed by atoms with Crippen LogP contribution in [0.2, 0.25) is 0 Å². The first-order valence-corrected chi connectivity index (χ1v) is 5.55. The van der Waals surface area contributed by atoms with Gasteiger partial charge in [0.2, 0.25) is 0 Å². The van der Waals surface area contributed by atoms with E-state index in [4.69, 9.17) is 10.4 Å². The number of carbonyl (C=O) groups is 1. The molecule has 1 rings (SSSR count). The average Bonchev–Trinajstić information content (AvgIpc) is 2.18. The van der Waals surface area contributed by atoms with Gasteiger partial charge in [-0.3, -0.25) is 0 Å². The molecule has 0 saturated carbocycles. The molecule has 0 aliphatic heterocycles. The summed E-state index contributed by atoms with van der Waals surface area (Å²) in [5, 5.41) is 16.9. The third kappa shape index (κ3) is 2.54. The van der Waals surface area contributed by atoms with Crippen molar-refractivity contribution in [1.82, 2.24) is 0 Å². The second-order valence-electron chi connectivity index (χ2n) is 2.75. The normalized spacial score (nSPS) is 10.6. The highest BCUT2D eigenvalue weighted by atomic mass is 32.2. The Kier molecular flexibility index (Phi) is 3.07. The molecule has 0 heterocycles. The van der Waals surface area contributed by atoms with Gasteiger partial charge in [-0.2, -0.15) is 5.26 Å². The van der Waals surface area contributed by atoms with E-state index in [-0.39, 0.29) is 10.5 Å². The van der Waals surface area contributed by atoms with E-state index < -0.39 is 21.6 Å². The van der Waals surface area contributed by atoms with Crippen LogP contribution in [0.4, 0.5) is 0 Å².